The fraction of sp³-hybridized carbons (Fsp3) is 0.500. The number of aromatic nitrogens is 1. The van der Waals surface area contributed by atoms with Crippen molar-refractivity contribution in [3.05, 3.63) is 11.3 Å². The van der Waals surface area contributed by atoms with E-state index in [1.807, 2.05) is 0 Å². The van der Waals surface area contributed by atoms with Gasteiger partial charge >= 0.3 is 5.97 Å². The molecule has 0 bridgehead atoms. The van der Waals surface area contributed by atoms with E-state index in [9.17, 15) is 9.59 Å². The molecule has 1 aliphatic rings. The fourth-order valence-corrected chi connectivity index (χ4v) is 2.63. The Labute approximate surface area is 102 Å². The molecule has 1 amide bonds. The first-order valence-electron chi connectivity index (χ1n) is 5.30. The number of carboxylic acid groups (broad SMARTS) is 1. The summed E-state index contributed by atoms with van der Waals surface area (Å²) < 4.78 is 4.03. The van der Waals surface area contributed by atoms with Crippen LogP contribution < -0.4 is 10.6 Å². The molecule has 17 heavy (non-hydrogen) atoms. The smallest absolute Gasteiger partial charge is 0.340 e. The Morgan fingerprint density at radius 3 is 3.00 bits per heavy atom. The van der Waals surface area contributed by atoms with Crippen molar-refractivity contribution in [3.63, 3.8) is 0 Å². The Bertz CT molecular complexity index is 448. The van der Waals surface area contributed by atoms with Gasteiger partial charge in [0, 0.05) is 19.0 Å². The van der Waals surface area contributed by atoms with Crippen LogP contribution >= 0.6 is 11.5 Å². The largest absolute Gasteiger partial charge is 0.478 e. The highest BCUT2D eigenvalue weighted by atomic mass is 32.1. The quantitative estimate of drug-likeness (QED) is 0.744. The third-order valence-corrected chi connectivity index (χ3v) is 3.55. The molecule has 3 N–H and O–H groups in total. The zero-order valence-corrected chi connectivity index (χ0v) is 10.1. The first-order chi connectivity index (χ1) is 8.08. The number of rotatable bonds is 3. The minimum Gasteiger partial charge on any atom is -0.478 e. The van der Waals surface area contributed by atoms with Gasteiger partial charge in [-0.2, -0.15) is 4.37 Å². The normalized spacial score (nSPS) is 19.8. The van der Waals surface area contributed by atoms with Gasteiger partial charge in [-0.3, -0.25) is 4.79 Å². The molecule has 1 atom stereocenters. The fourth-order valence-electron chi connectivity index (χ4n) is 1.76. The maximum Gasteiger partial charge on any atom is 0.340 e. The molecule has 1 aromatic rings. The van der Waals surface area contributed by atoms with E-state index in [0.717, 1.165) is 11.5 Å². The Morgan fingerprint density at radius 2 is 2.41 bits per heavy atom. The Morgan fingerprint density at radius 1 is 1.65 bits per heavy atom. The van der Waals surface area contributed by atoms with Crippen LogP contribution in [-0.4, -0.2) is 33.9 Å². The average Bonchev–Trinajstić information content (AvgIpc) is 2.63. The van der Waals surface area contributed by atoms with Gasteiger partial charge in [0.1, 0.15) is 10.6 Å². The molecule has 7 heteroatoms. The van der Waals surface area contributed by atoms with Crippen molar-refractivity contribution in [2.75, 3.05) is 11.9 Å². The number of amides is 1. The number of nitrogens with one attached hydrogen (secondary N) is 2. The number of carboxylic acids is 1. The van der Waals surface area contributed by atoms with E-state index < -0.39 is 5.97 Å². The summed E-state index contributed by atoms with van der Waals surface area (Å²) in [6.07, 6.45) is 1.18. The zero-order chi connectivity index (χ0) is 12.4. The predicted molar refractivity (Wildman–Crippen MR) is 63.5 cm³/mol. The maximum absolute atomic E-state index is 11.1. The molecular formula is C10H13N3O3S. The van der Waals surface area contributed by atoms with Crippen LogP contribution in [0.3, 0.4) is 0 Å². The Kier molecular flexibility index (Phi) is 3.28. The van der Waals surface area contributed by atoms with E-state index in [-0.39, 0.29) is 17.5 Å². The van der Waals surface area contributed by atoms with E-state index in [4.69, 9.17) is 5.11 Å². The van der Waals surface area contributed by atoms with Crippen LogP contribution in [0.2, 0.25) is 0 Å². The van der Waals surface area contributed by atoms with Crippen LogP contribution in [0.25, 0.3) is 0 Å². The molecular weight excluding hydrogens is 242 g/mol. The second kappa shape index (κ2) is 4.70. The van der Waals surface area contributed by atoms with Crippen LogP contribution in [-0.2, 0) is 4.79 Å². The van der Waals surface area contributed by atoms with E-state index in [1.54, 1.807) is 6.92 Å². The highest BCUT2D eigenvalue weighted by Crippen LogP contribution is 2.26. The maximum atomic E-state index is 11.1. The lowest BCUT2D eigenvalue weighted by atomic mass is 10.1. The molecule has 6 nitrogen and oxygen atoms in total. The highest BCUT2D eigenvalue weighted by molar-refractivity contribution is 7.10. The molecule has 0 saturated carbocycles. The summed E-state index contributed by atoms with van der Waals surface area (Å²) >= 11 is 1.14. The van der Waals surface area contributed by atoms with Crippen LogP contribution in [0.4, 0.5) is 5.00 Å². The summed E-state index contributed by atoms with van der Waals surface area (Å²) in [5.74, 6) is -0.930. The second-order valence-corrected chi connectivity index (χ2v) is 4.73. The first kappa shape index (κ1) is 11.8. The van der Waals surface area contributed by atoms with Crippen molar-refractivity contribution in [2.24, 2.45) is 0 Å². The molecule has 92 valence electrons. The van der Waals surface area contributed by atoms with Crippen molar-refractivity contribution >= 4 is 28.4 Å². The molecule has 1 aromatic heterocycles. The Balaban J connectivity index is 2.08. The third-order valence-electron chi connectivity index (χ3n) is 2.68. The van der Waals surface area contributed by atoms with Gasteiger partial charge in [-0.25, -0.2) is 4.79 Å². The molecule has 0 spiro atoms. The van der Waals surface area contributed by atoms with Gasteiger partial charge in [-0.15, -0.1) is 0 Å². The number of nitrogens with zero attached hydrogens (tertiary/aromatic N) is 1. The number of carbonyl (C=O) groups excluding carboxylic acids is 1. The number of aryl methyl sites for hydroxylation is 1. The van der Waals surface area contributed by atoms with Gasteiger partial charge in [-0.05, 0) is 24.9 Å². The molecule has 1 saturated heterocycles. The number of hydrogen-bond acceptors (Lipinski definition) is 5. The SMILES string of the molecule is Cc1nsc(NC2CCC(=O)NC2)c1C(=O)O. The van der Waals surface area contributed by atoms with E-state index in [1.165, 1.54) is 0 Å². The monoisotopic (exact) mass is 255 g/mol. The molecule has 1 fully saturated rings. The topological polar surface area (TPSA) is 91.3 Å². The molecule has 0 radical (unpaired) electrons. The predicted octanol–water partition coefficient (Wildman–Crippen LogP) is 0.840. The standard InChI is InChI=1S/C10H13N3O3S/c1-5-8(10(15)16)9(17-13-5)12-6-2-3-7(14)11-4-6/h6,12H,2-4H2,1H3,(H,11,14)(H,15,16). The first-order valence-corrected chi connectivity index (χ1v) is 6.08. The van der Waals surface area contributed by atoms with Crippen LogP contribution in [0.5, 0.6) is 0 Å². The molecule has 0 aliphatic carbocycles. The number of carbonyl (C=O) groups is 2. The van der Waals surface area contributed by atoms with Gasteiger partial charge in [-0.1, -0.05) is 0 Å². The van der Waals surface area contributed by atoms with E-state index >= 15 is 0 Å². The number of anilines is 1. The lowest BCUT2D eigenvalue weighted by Gasteiger charge is -2.23. The average molecular weight is 255 g/mol. The number of hydrogen-bond donors (Lipinski definition) is 3. The lowest BCUT2D eigenvalue weighted by molar-refractivity contribution is -0.122. The van der Waals surface area contributed by atoms with Crippen LogP contribution in [0.15, 0.2) is 0 Å². The molecule has 0 aromatic carbocycles. The van der Waals surface area contributed by atoms with Gasteiger partial charge in [0.25, 0.3) is 0 Å². The van der Waals surface area contributed by atoms with Crippen molar-refractivity contribution < 1.29 is 14.7 Å². The summed E-state index contributed by atoms with van der Waals surface area (Å²) in [6.45, 7) is 2.20. The van der Waals surface area contributed by atoms with Crippen molar-refractivity contribution in [1.82, 2.24) is 9.69 Å². The molecule has 2 heterocycles. The van der Waals surface area contributed by atoms with Crippen LogP contribution in [0.1, 0.15) is 28.9 Å². The zero-order valence-electron chi connectivity index (χ0n) is 9.32. The summed E-state index contributed by atoms with van der Waals surface area (Å²) in [5.41, 5.74) is 0.747. The number of piperidine rings is 1. The summed E-state index contributed by atoms with van der Waals surface area (Å²) in [4.78, 5) is 22.1. The number of aromatic carboxylic acids is 1. The van der Waals surface area contributed by atoms with Crippen molar-refractivity contribution in [2.45, 2.75) is 25.8 Å². The summed E-state index contributed by atoms with van der Waals surface area (Å²) in [5, 5.41) is 15.5. The summed E-state index contributed by atoms with van der Waals surface area (Å²) in [6, 6.07) is 0.0747. The highest BCUT2D eigenvalue weighted by Gasteiger charge is 2.22. The van der Waals surface area contributed by atoms with Crippen molar-refractivity contribution in [1.29, 1.82) is 0 Å². The lowest BCUT2D eigenvalue weighted by Crippen LogP contribution is -2.41. The minimum absolute atomic E-state index is 0.0435. The Hall–Kier alpha value is -1.63. The van der Waals surface area contributed by atoms with E-state index in [2.05, 4.69) is 15.0 Å². The van der Waals surface area contributed by atoms with E-state index in [0.29, 0.717) is 30.1 Å². The molecule has 1 unspecified atom stereocenters. The minimum atomic E-state index is -0.974. The third kappa shape index (κ3) is 2.55. The van der Waals surface area contributed by atoms with Gasteiger partial charge in [0.2, 0.25) is 5.91 Å². The molecule has 1 aliphatic heterocycles. The molecule has 2 rings (SSSR count). The van der Waals surface area contributed by atoms with Gasteiger partial charge < -0.3 is 15.7 Å². The summed E-state index contributed by atoms with van der Waals surface area (Å²) in [7, 11) is 0. The second-order valence-electron chi connectivity index (χ2n) is 3.96. The van der Waals surface area contributed by atoms with Crippen molar-refractivity contribution in [3.8, 4) is 0 Å². The van der Waals surface area contributed by atoms with Gasteiger partial charge in [0.15, 0.2) is 0 Å². The van der Waals surface area contributed by atoms with Gasteiger partial charge in [0.05, 0.1) is 5.69 Å². The van der Waals surface area contributed by atoms with Crippen LogP contribution in [0, 0.1) is 6.92 Å².